The molecule has 0 bridgehead atoms. The van der Waals surface area contributed by atoms with Gasteiger partial charge in [-0.1, -0.05) is 25.5 Å². The Morgan fingerprint density at radius 3 is 1.97 bits per heavy atom. The van der Waals surface area contributed by atoms with Crippen LogP contribution in [0.15, 0.2) is 53.4 Å². The number of nitrogens with zero attached hydrogens (tertiary/aromatic N) is 2. The van der Waals surface area contributed by atoms with Crippen LogP contribution in [-0.2, 0) is 26.0 Å². The second-order valence-corrected chi connectivity index (χ2v) is 9.82. The first kappa shape index (κ1) is 23.9. The van der Waals surface area contributed by atoms with Gasteiger partial charge in [0.15, 0.2) is 0 Å². The Morgan fingerprint density at radius 1 is 0.875 bits per heavy atom. The quantitative estimate of drug-likeness (QED) is 0.633. The van der Waals surface area contributed by atoms with Crippen molar-refractivity contribution in [2.24, 2.45) is 0 Å². The van der Waals surface area contributed by atoms with Gasteiger partial charge in [-0.15, -0.1) is 0 Å². The smallest absolute Gasteiger partial charge is 0.243 e. The number of amides is 2. The molecule has 2 N–H and O–H groups in total. The van der Waals surface area contributed by atoms with Crippen LogP contribution in [0.3, 0.4) is 0 Å². The molecular formula is C23H30N4O4S. The molecule has 0 aromatic heterocycles. The van der Waals surface area contributed by atoms with Crippen LogP contribution in [0.2, 0.25) is 0 Å². The first-order chi connectivity index (χ1) is 15.3. The van der Waals surface area contributed by atoms with Crippen molar-refractivity contribution in [2.45, 2.75) is 31.6 Å². The Hall–Kier alpha value is -2.75. The van der Waals surface area contributed by atoms with Gasteiger partial charge in [0.2, 0.25) is 21.8 Å². The summed E-state index contributed by atoms with van der Waals surface area (Å²) in [6.07, 6.45) is 1.95. The molecule has 32 heavy (non-hydrogen) atoms. The predicted molar refractivity (Wildman–Crippen MR) is 125 cm³/mol. The molecular weight excluding hydrogens is 428 g/mol. The van der Waals surface area contributed by atoms with E-state index in [-0.39, 0.29) is 18.4 Å². The third-order valence-corrected chi connectivity index (χ3v) is 7.20. The molecule has 1 heterocycles. The van der Waals surface area contributed by atoms with E-state index in [2.05, 4.69) is 17.6 Å². The minimum atomic E-state index is -3.53. The van der Waals surface area contributed by atoms with Crippen molar-refractivity contribution >= 4 is 33.2 Å². The van der Waals surface area contributed by atoms with Gasteiger partial charge in [0.25, 0.3) is 0 Å². The summed E-state index contributed by atoms with van der Waals surface area (Å²) >= 11 is 0. The molecule has 1 aliphatic heterocycles. The van der Waals surface area contributed by atoms with Gasteiger partial charge in [0.05, 0.1) is 11.4 Å². The van der Waals surface area contributed by atoms with Gasteiger partial charge in [-0.3, -0.25) is 14.5 Å². The number of rotatable bonds is 8. The number of piperazine rings is 1. The molecule has 0 spiro atoms. The first-order valence-corrected chi connectivity index (χ1v) is 12.2. The Morgan fingerprint density at radius 2 is 1.44 bits per heavy atom. The van der Waals surface area contributed by atoms with Crippen LogP contribution in [0.1, 0.15) is 25.8 Å². The van der Waals surface area contributed by atoms with Crippen molar-refractivity contribution in [1.29, 1.82) is 0 Å². The molecule has 0 unspecified atom stereocenters. The van der Waals surface area contributed by atoms with Crippen LogP contribution in [0.5, 0.6) is 0 Å². The molecule has 2 amide bonds. The standard InChI is InChI=1S/C23H30N4O4S/c1-3-4-19-5-11-22(12-6-19)32(30,31)27-15-13-26(14-16-27)17-23(29)25-21-9-7-20(8-10-21)24-18(2)28/h5-12H,3-4,13-17H2,1-2H3,(H,24,28)(H,25,29). The number of carbonyl (C=O) groups excluding carboxylic acids is 2. The minimum Gasteiger partial charge on any atom is -0.326 e. The maximum Gasteiger partial charge on any atom is 0.243 e. The second kappa shape index (κ2) is 10.7. The molecule has 1 aliphatic rings. The van der Waals surface area contributed by atoms with E-state index < -0.39 is 10.0 Å². The third kappa shape index (κ3) is 6.38. The van der Waals surface area contributed by atoms with Crippen LogP contribution < -0.4 is 10.6 Å². The van der Waals surface area contributed by atoms with Crippen LogP contribution in [0.25, 0.3) is 0 Å². The summed E-state index contributed by atoms with van der Waals surface area (Å²) in [6.45, 7) is 5.38. The number of benzene rings is 2. The van der Waals surface area contributed by atoms with Crippen LogP contribution >= 0.6 is 0 Å². The molecule has 0 aliphatic carbocycles. The molecule has 3 rings (SSSR count). The van der Waals surface area contributed by atoms with E-state index in [0.29, 0.717) is 42.4 Å². The Balaban J connectivity index is 1.49. The highest BCUT2D eigenvalue weighted by molar-refractivity contribution is 7.89. The molecule has 2 aromatic carbocycles. The molecule has 1 fully saturated rings. The lowest BCUT2D eigenvalue weighted by Crippen LogP contribution is -2.50. The Labute approximate surface area is 189 Å². The fourth-order valence-corrected chi connectivity index (χ4v) is 5.06. The van der Waals surface area contributed by atoms with E-state index in [1.807, 2.05) is 17.0 Å². The number of carbonyl (C=O) groups is 2. The zero-order valence-corrected chi connectivity index (χ0v) is 19.3. The maximum absolute atomic E-state index is 12.9. The predicted octanol–water partition coefficient (Wildman–Crippen LogP) is 2.54. The summed E-state index contributed by atoms with van der Waals surface area (Å²) in [6, 6.07) is 14.0. The fraction of sp³-hybridized carbons (Fsp3) is 0.391. The molecule has 172 valence electrons. The van der Waals surface area contributed by atoms with Crippen LogP contribution in [0, 0.1) is 0 Å². The van der Waals surface area contributed by atoms with Gasteiger partial charge in [0.1, 0.15) is 0 Å². The van der Waals surface area contributed by atoms with Gasteiger partial charge in [-0.2, -0.15) is 4.31 Å². The van der Waals surface area contributed by atoms with Crippen molar-refractivity contribution in [3.8, 4) is 0 Å². The van der Waals surface area contributed by atoms with Crippen LogP contribution in [0.4, 0.5) is 11.4 Å². The van der Waals surface area contributed by atoms with Gasteiger partial charge in [-0.25, -0.2) is 8.42 Å². The minimum absolute atomic E-state index is 0.156. The monoisotopic (exact) mass is 458 g/mol. The third-order valence-electron chi connectivity index (χ3n) is 5.29. The molecule has 1 saturated heterocycles. The number of nitrogens with one attached hydrogen (secondary N) is 2. The van der Waals surface area contributed by atoms with E-state index in [9.17, 15) is 18.0 Å². The summed E-state index contributed by atoms with van der Waals surface area (Å²) in [5.74, 6) is -0.323. The van der Waals surface area contributed by atoms with Gasteiger partial charge < -0.3 is 10.6 Å². The topological polar surface area (TPSA) is 98.8 Å². The van der Waals surface area contributed by atoms with Crippen LogP contribution in [-0.4, -0.2) is 62.2 Å². The Kier molecular flexibility index (Phi) is 8.00. The summed E-state index contributed by atoms with van der Waals surface area (Å²) < 4.78 is 27.3. The van der Waals surface area contributed by atoms with E-state index in [0.717, 1.165) is 18.4 Å². The highest BCUT2D eigenvalue weighted by Gasteiger charge is 2.29. The van der Waals surface area contributed by atoms with E-state index in [1.165, 1.54) is 11.2 Å². The highest BCUT2D eigenvalue weighted by Crippen LogP contribution is 2.19. The average Bonchev–Trinajstić information content (AvgIpc) is 2.76. The maximum atomic E-state index is 12.9. The number of hydrogen-bond donors (Lipinski definition) is 2. The zero-order valence-electron chi connectivity index (χ0n) is 18.5. The summed E-state index contributed by atoms with van der Waals surface area (Å²) in [4.78, 5) is 25.7. The second-order valence-electron chi connectivity index (χ2n) is 7.88. The molecule has 0 radical (unpaired) electrons. The van der Waals surface area contributed by atoms with Crippen molar-refractivity contribution in [2.75, 3.05) is 43.4 Å². The van der Waals surface area contributed by atoms with Crippen molar-refractivity contribution in [1.82, 2.24) is 9.21 Å². The number of sulfonamides is 1. The molecule has 0 atom stereocenters. The number of aryl methyl sites for hydroxylation is 1. The number of hydrogen-bond acceptors (Lipinski definition) is 5. The van der Waals surface area contributed by atoms with E-state index in [4.69, 9.17) is 0 Å². The SMILES string of the molecule is CCCc1ccc(S(=O)(=O)N2CCN(CC(=O)Nc3ccc(NC(C)=O)cc3)CC2)cc1. The van der Waals surface area contributed by atoms with Crippen molar-refractivity contribution < 1.29 is 18.0 Å². The zero-order chi connectivity index (χ0) is 23.1. The fourth-order valence-electron chi connectivity index (χ4n) is 3.64. The van der Waals surface area contributed by atoms with Gasteiger partial charge >= 0.3 is 0 Å². The lowest BCUT2D eigenvalue weighted by atomic mass is 10.1. The molecule has 8 nitrogen and oxygen atoms in total. The van der Waals surface area contributed by atoms with E-state index >= 15 is 0 Å². The largest absolute Gasteiger partial charge is 0.326 e. The summed E-state index contributed by atoms with van der Waals surface area (Å²) in [5, 5.41) is 5.50. The Bertz CT molecular complexity index is 1030. The summed E-state index contributed by atoms with van der Waals surface area (Å²) in [5.41, 5.74) is 2.43. The molecule has 2 aromatic rings. The highest BCUT2D eigenvalue weighted by atomic mass is 32.2. The van der Waals surface area contributed by atoms with Crippen molar-refractivity contribution in [3.63, 3.8) is 0 Å². The lowest BCUT2D eigenvalue weighted by Gasteiger charge is -2.33. The molecule has 9 heteroatoms. The normalized spacial score (nSPS) is 15.3. The van der Waals surface area contributed by atoms with E-state index in [1.54, 1.807) is 36.4 Å². The lowest BCUT2D eigenvalue weighted by molar-refractivity contribution is -0.117. The average molecular weight is 459 g/mol. The first-order valence-electron chi connectivity index (χ1n) is 10.8. The van der Waals surface area contributed by atoms with Gasteiger partial charge in [0, 0.05) is 44.5 Å². The van der Waals surface area contributed by atoms with Crippen molar-refractivity contribution in [3.05, 3.63) is 54.1 Å². The summed E-state index contributed by atoms with van der Waals surface area (Å²) in [7, 11) is -3.53. The number of anilines is 2. The molecule has 0 saturated carbocycles. The van der Waals surface area contributed by atoms with Gasteiger partial charge in [-0.05, 0) is 48.4 Å².